The van der Waals surface area contributed by atoms with Crippen LogP contribution in [-0.2, 0) is 6.42 Å². The van der Waals surface area contributed by atoms with Crippen LogP contribution in [0.5, 0.6) is 5.75 Å². The second-order valence-corrected chi connectivity index (χ2v) is 6.88. The van der Waals surface area contributed by atoms with Gasteiger partial charge in [0.25, 0.3) is 0 Å². The van der Waals surface area contributed by atoms with E-state index in [-0.39, 0.29) is 12.1 Å². The predicted molar refractivity (Wildman–Crippen MR) is 92.9 cm³/mol. The molecular formula is C18H29N3O2. The summed E-state index contributed by atoms with van der Waals surface area (Å²) in [5.41, 5.74) is 1.22. The zero-order valence-corrected chi connectivity index (χ0v) is 14.7. The molecule has 0 aliphatic carbocycles. The van der Waals surface area contributed by atoms with E-state index in [1.54, 1.807) is 0 Å². The van der Waals surface area contributed by atoms with E-state index in [0.717, 1.165) is 31.8 Å². The number of hydrogen-bond acceptors (Lipinski definition) is 3. The molecule has 0 saturated heterocycles. The highest BCUT2D eigenvalue weighted by Gasteiger charge is 2.23. The highest BCUT2D eigenvalue weighted by Crippen LogP contribution is 2.27. The van der Waals surface area contributed by atoms with Gasteiger partial charge in [-0.3, -0.25) is 0 Å². The number of fused-ring (bicyclic) bond motifs is 1. The quantitative estimate of drug-likeness (QED) is 0.838. The van der Waals surface area contributed by atoms with Crippen molar-refractivity contribution in [2.24, 2.45) is 5.92 Å². The topological polar surface area (TPSA) is 44.8 Å². The van der Waals surface area contributed by atoms with Crippen molar-refractivity contribution in [3.05, 3.63) is 29.8 Å². The minimum atomic E-state index is 0.0000983. The summed E-state index contributed by atoms with van der Waals surface area (Å²) in [4.78, 5) is 16.5. The molecule has 0 aromatic heterocycles. The Morgan fingerprint density at radius 1 is 1.30 bits per heavy atom. The Morgan fingerprint density at radius 2 is 2.04 bits per heavy atom. The van der Waals surface area contributed by atoms with Crippen molar-refractivity contribution < 1.29 is 9.53 Å². The number of amides is 2. The van der Waals surface area contributed by atoms with Gasteiger partial charge < -0.3 is 19.9 Å². The van der Waals surface area contributed by atoms with Crippen LogP contribution in [0.4, 0.5) is 4.79 Å². The monoisotopic (exact) mass is 319 g/mol. The summed E-state index contributed by atoms with van der Waals surface area (Å²) < 4.78 is 5.87. The number of likely N-dealkylation sites (N-methyl/N-ethyl adjacent to an activating group) is 1. The van der Waals surface area contributed by atoms with Crippen molar-refractivity contribution in [2.45, 2.75) is 26.4 Å². The lowest BCUT2D eigenvalue weighted by atomic mass is 10.1. The van der Waals surface area contributed by atoms with Crippen molar-refractivity contribution in [2.75, 3.05) is 40.3 Å². The third-order valence-electron chi connectivity index (χ3n) is 3.88. The first-order chi connectivity index (χ1) is 11.0. The van der Waals surface area contributed by atoms with Crippen LogP contribution in [-0.4, -0.2) is 62.2 Å². The summed E-state index contributed by atoms with van der Waals surface area (Å²) in [6.45, 7) is 7.18. The molecule has 23 heavy (non-hydrogen) atoms. The second-order valence-electron chi connectivity index (χ2n) is 6.88. The first-order valence-corrected chi connectivity index (χ1v) is 8.37. The summed E-state index contributed by atoms with van der Waals surface area (Å²) in [5.74, 6) is 1.40. The van der Waals surface area contributed by atoms with Crippen molar-refractivity contribution in [3.8, 4) is 5.75 Å². The molecule has 0 saturated carbocycles. The number of ether oxygens (including phenoxy) is 1. The maximum atomic E-state index is 12.5. The van der Waals surface area contributed by atoms with Gasteiger partial charge in [0.2, 0.25) is 0 Å². The van der Waals surface area contributed by atoms with E-state index in [1.165, 1.54) is 5.56 Å². The fourth-order valence-electron chi connectivity index (χ4n) is 2.72. The van der Waals surface area contributed by atoms with Crippen LogP contribution in [0.2, 0.25) is 0 Å². The van der Waals surface area contributed by atoms with E-state index in [0.29, 0.717) is 12.5 Å². The molecule has 1 unspecified atom stereocenters. The first kappa shape index (κ1) is 17.6. The molecule has 0 bridgehead atoms. The molecule has 0 spiro atoms. The zero-order valence-electron chi connectivity index (χ0n) is 14.7. The fraction of sp³-hybridized carbons (Fsp3) is 0.611. The summed E-state index contributed by atoms with van der Waals surface area (Å²) in [6.07, 6.45) is 0.893. The van der Waals surface area contributed by atoms with E-state index in [9.17, 15) is 4.79 Å². The first-order valence-electron chi connectivity index (χ1n) is 8.37. The van der Waals surface area contributed by atoms with Crippen molar-refractivity contribution >= 4 is 6.03 Å². The van der Waals surface area contributed by atoms with Gasteiger partial charge in [-0.25, -0.2) is 4.79 Å². The standard InChI is InChI=1S/C18H29N3O2/c1-14(2)13-21(10-9-20(3)4)18(22)19-12-16-11-15-7-5-6-8-17(15)23-16/h5-8,14,16H,9-13H2,1-4H3,(H,19,22). The van der Waals surface area contributed by atoms with E-state index in [2.05, 4.69) is 30.1 Å². The average molecular weight is 319 g/mol. The van der Waals surface area contributed by atoms with Gasteiger partial charge in [0.1, 0.15) is 11.9 Å². The predicted octanol–water partition coefficient (Wildman–Crippen LogP) is 2.22. The normalized spacial score (nSPS) is 16.3. The molecule has 5 nitrogen and oxygen atoms in total. The van der Waals surface area contributed by atoms with E-state index < -0.39 is 0 Å². The molecule has 1 heterocycles. The number of para-hydroxylation sites is 1. The lowest BCUT2D eigenvalue weighted by molar-refractivity contribution is 0.174. The number of nitrogens with one attached hydrogen (secondary N) is 1. The van der Waals surface area contributed by atoms with E-state index in [1.807, 2.05) is 37.2 Å². The lowest BCUT2D eigenvalue weighted by Gasteiger charge is -2.27. The molecular weight excluding hydrogens is 290 g/mol. The average Bonchev–Trinajstić information content (AvgIpc) is 2.91. The molecule has 128 valence electrons. The number of hydrogen-bond donors (Lipinski definition) is 1. The van der Waals surface area contributed by atoms with Gasteiger partial charge >= 0.3 is 6.03 Å². The number of carbonyl (C=O) groups excluding carboxylic acids is 1. The van der Waals surface area contributed by atoms with Crippen LogP contribution < -0.4 is 10.1 Å². The largest absolute Gasteiger partial charge is 0.488 e. The van der Waals surface area contributed by atoms with E-state index >= 15 is 0 Å². The number of nitrogens with zero attached hydrogens (tertiary/aromatic N) is 2. The highest BCUT2D eigenvalue weighted by molar-refractivity contribution is 5.74. The molecule has 1 N–H and O–H groups in total. The Bertz CT molecular complexity index is 492. The van der Waals surface area contributed by atoms with Crippen LogP contribution >= 0.6 is 0 Å². The Morgan fingerprint density at radius 3 is 2.70 bits per heavy atom. The van der Waals surface area contributed by atoms with Gasteiger partial charge in [-0.05, 0) is 31.6 Å². The summed E-state index contributed by atoms with van der Waals surface area (Å²) in [5, 5.41) is 3.03. The van der Waals surface area contributed by atoms with Crippen molar-refractivity contribution in [1.82, 2.24) is 15.1 Å². The van der Waals surface area contributed by atoms with Gasteiger partial charge in [-0.15, -0.1) is 0 Å². The molecule has 0 fully saturated rings. The molecule has 1 aromatic rings. The molecule has 1 atom stereocenters. The number of urea groups is 1. The number of carbonyl (C=O) groups is 1. The Labute approximate surface area is 139 Å². The molecule has 1 aliphatic rings. The Balaban J connectivity index is 1.82. The molecule has 5 heteroatoms. The van der Waals surface area contributed by atoms with Crippen molar-refractivity contribution in [1.29, 1.82) is 0 Å². The summed E-state index contributed by atoms with van der Waals surface area (Å²) in [6, 6.07) is 8.07. The summed E-state index contributed by atoms with van der Waals surface area (Å²) >= 11 is 0. The van der Waals surface area contributed by atoms with Gasteiger partial charge in [-0.1, -0.05) is 32.0 Å². The molecule has 1 aliphatic heterocycles. The molecule has 0 radical (unpaired) electrons. The Hall–Kier alpha value is -1.75. The van der Waals surface area contributed by atoms with Crippen LogP contribution in [0.1, 0.15) is 19.4 Å². The maximum Gasteiger partial charge on any atom is 0.317 e. The molecule has 2 amide bonds. The van der Waals surface area contributed by atoms with Crippen LogP contribution in [0, 0.1) is 5.92 Å². The maximum absolute atomic E-state index is 12.5. The van der Waals surface area contributed by atoms with E-state index in [4.69, 9.17) is 4.74 Å². The Kier molecular flexibility index (Phi) is 6.28. The van der Waals surface area contributed by atoms with Gasteiger partial charge in [0.15, 0.2) is 0 Å². The summed E-state index contributed by atoms with van der Waals surface area (Å²) in [7, 11) is 4.05. The number of rotatable bonds is 7. The van der Waals surface area contributed by atoms with Crippen LogP contribution in [0.3, 0.4) is 0 Å². The van der Waals surface area contributed by atoms with Crippen LogP contribution in [0.15, 0.2) is 24.3 Å². The SMILES string of the molecule is CC(C)CN(CCN(C)C)C(=O)NCC1Cc2ccccc2O1. The zero-order chi connectivity index (χ0) is 16.8. The van der Waals surface area contributed by atoms with Crippen LogP contribution in [0.25, 0.3) is 0 Å². The number of benzene rings is 1. The smallest absolute Gasteiger partial charge is 0.317 e. The van der Waals surface area contributed by atoms with Gasteiger partial charge in [0.05, 0.1) is 6.54 Å². The molecule has 2 rings (SSSR count). The van der Waals surface area contributed by atoms with Gasteiger partial charge in [-0.2, -0.15) is 0 Å². The minimum absolute atomic E-state index is 0.0000983. The molecule has 1 aromatic carbocycles. The second kappa shape index (κ2) is 8.20. The van der Waals surface area contributed by atoms with Gasteiger partial charge in [0, 0.05) is 26.1 Å². The lowest BCUT2D eigenvalue weighted by Crippen LogP contribution is -2.47. The van der Waals surface area contributed by atoms with Crippen molar-refractivity contribution in [3.63, 3.8) is 0 Å². The third kappa shape index (κ3) is 5.43. The fourth-order valence-corrected chi connectivity index (χ4v) is 2.72. The highest BCUT2D eigenvalue weighted by atomic mass is 16.5. The third-order valence-corrected chi connectivity index (χ3v) is 3.88. The minimum Gasteiger partial charge on any atom is -0.488 e.